The quantitative estimate of drug-likeness (QED) is 0.775. The van der Waals surface area contributed by atoms with Gasteiger partial charge in [0.25, 0.3) is 0 Å². The normalized spacial score (nSPS) is 14.2. The number of amides is 2. The third-order valence-corrected chi connectivity index (χ3v) is 2.91. The zero-order valence-corrected chi connectivity index (χ0v) is 10.7. The number of hydrogen-bond donors (Lipinski definition) is 1. The molecule has 2 rings (SSSR count). The molecule has 0 aliphatic carbocycles. The lowest BCUT2D eigenvalue weighted by molar-refractivity contribution is 0.111. The Morgan fingerprint density at radius 1 is 1.47 bits per heavy atom. The van der Waals surface area contributed by atoms with Crippen molar-refractivity contribution in [1.29, 1.82) is 0 Å². The van der Waals surface area contributed by atoms with Gasteiger partial charge in [-0.15, -0.1) is 0 Å². The van der Waals surface area contributed by atoms with E-state index in [1.807, 2.05) is 0 Å². The molecule has 1 fully saturated rings. The molecule has 6 nitrogen and oxygen atoms in total. The van der Waals surface area contributed by atoms with Crippen molar-refractivity contribution < 1.29 is 19.1 Å². The summed E-state index contributed by atoms with van der Waals surface area (Å²) in [4.78, 5) is 24.0. The maximum absolute atomic E-state index is 11.3. The number of carbonyl (C=O) groups excluding carboxylic acids is 2. The number of nitrogens with one attached hydrogen (secondary N) is 1. The highest BCUT2D eigenvalue weighted by molar-refractivity contribution is 5.81. The van der Waals surface area contributed by atoms with Crippen LogP contribution in [0.15, 0.2) is 18.2 Å². The van der Waals surface area contributed by atoms with Crippen LogP contribution in [0, 0.1) is 0 Å². The maximum atomic E-state index is 11.3. The molecule has 1 aromatic carbocycles. The van der Waals surface area contributed by atoms with Crippen molar-refractivity contribution in [2.75, 3.05) is 33.4 Å². The minimum atomic E-state index is -0.0840. The average molecular weight is 264 g/mol. The molecule has 0 unspecified atom stereocenters. The van der Waals surface area contributed by atoms with E-state index >= 15 is 0 Å². The van der Waals surface area contributed by atoms with Crippen molar-refractivity contribution in [3.05, 3.63) is 23.8 Å². The number of urea groups is 1. The molecule has 1 heterocycles. The van der Waals surface area contributed by atoms with Crippen molar-refractivity contribution in [2.24, 2.45) is 0 Å². The molecule has 0 bridgehead atoms. The lowest BCUT2D eigenvalue weighted by Gasteiger charge is -2.16. The Hall–Kier alpha value is -2.24. The first kappa shape index (κ1) is 13.2. The van der Waals surface area contributed by atoms with Crippen LogP contribution in [0.2, 0.25) is 0 Å². The molecule has 0 atom stereocenters. The summed E-state index contributed by atoms with van der Waals surface area (Å²) in [7, 11) is 1.52. The molecule has 102 valence electrons. The number of benzene rings is 1. The fraction of sp³-hybridized carbons (Fsp3) is 0.385. The molecule has 1 aliphatic heterocycles. The van der Waals surface area contributed by atoms with Gasteiger partial charge in [0.2, 0.25) is 0 Å². The number of ether oxygens (including phenoxy) is 2. The van der Waals surface area contributed by atoms with E-state index in [1.54, 1.807) is 23.1 Å². The van der Waals surface area contributed by atoms with Crippen LogP contribution in [-0.2, 0) is 0 Å². The molecule has 1 aromatic rings. The van der Waals surface area contributed by atoms with E-state index in [4.69, 9.17) is 9.47 Å². The van der Waals surface area contributed by atoms with E-state index in [0.717, 1.165) is 6.29 Å². The molecule has 0 radical (unpaired) electrons. The van der Waals surface area contributed by atoms with E-state index in [-0.39, 0.29) is 6.03 Å². The Kier molecular flexibility index (Phi) is 4.22. The fourth-order valence-corrected chi connectivity index (χ4v) is 1.92. The molecule has 1 saturated heterocycles. The topological polar surface area (TPSA) is 67.9 Å². The zero-order chi connectivity index (χ0) is 13.7. The summed E-state index contributed by atoms with van der Waals surface area (Å²) in [6.07, 6.45) is 0.723. The van der Waals surface area contributed by atoms with Crippen LogP contribution >= 0.6 is 0 Å². The number of rotatable bonds is 6. The van der Waals surface area contributed by atoms with Crippen molar-refractivity contribution >= 4 is 12.3 Å². The number of carbonyl (C=O) groups is 2. The third kappa shape index (κ3) is 2.96. The average Bonchev–Trinajstić information content (AvgIpc) is 2.84. The molecule has 19 heavy (non-hydrogen) atoms. The number of nitrogens with zero attached hydrogens (tertiary/aromatic N) is 1. The van der Waals surface area contributed by atoms with Gasteiger partial charge in [0.15, 0.2) is 17.8 Å². The lowest BCUT2D eigenvalue weighted by Crippen LogP contribution is -2.31. The highest BCUT2D eigenvalue weighted by Gasteiger charge is 2.19. The van der Waals surface area contributed by atoms with Crippen LogP contribution in [0.5, 0.6) is 11.5 Å². The predicted molar refractivity (Wildman–Crippen MR) is 68.8 cm³/mol. The first-order valence-electron chi connectivity index (χ1n) is 6.04. The van der Waals surface area contributed by atoms with Gasteiger partial charge in [-0.1, -0.05) is 6.07 Å². The second-order valence-corrected chi connectivity index (χ2v) is 4.06. The summed E-state index contributed by atoms with van der Waals surface area (Å²) in [6.45, 7) is 2.12. The van der Waals surface area contributed by atoms with Gasteiger partial charge in [-0.3, -0.25) is 4.79 Å². The maximum Gasteiger partial charge on any atom is 0.317 e. The highest BCUT2D eigenvalue weighted by atomic mass is 16.5. The molecule has 0 saturated carbocycles. The zero-order valence-electron chi connectivity index (χ0n) is 10.7. The molecule has 2 amide bonds. The Balaban J connectivity index is 1.98. The molecule has 0 aromatic heterocycles. The highest BCUT2D eigenvalue weighted by Crippen LogP contribution is 2.29. The second-order valence-electron chi connectivity index (χ2n) is 4.06. The Morgan fingerprint density at radius 2 is 2.32 bits per heavy atom. The second kappa shape index (κ2) is 6.08. The van der Waals surface area contributed by atoms with Gasteiger partial charge in [-0.2, -0.15) is 0 Å². The Labute approximate surface area is 111 Å². The van der Waals surface area contributed by atoms with Crippen molar-refractivity contribution in [2.45, 2.75) is 0 Å². The van der Waals surface area contributed by atoms with Gasteiger partial charge in [-0.25, -0.2) is 4.79 Å². The summed E-state index contributed by atoms with van der Waals surface area (Å²) in [6, 6.07) is 5.03. The van der Waals surface area contributed by atoms with Gasteiger partial charge < -0.3 is 19.7 Å². The van der Waals surface area contributed by atoms with Crippen molar-refractivity contribution in [3.8, 4) is 11.5 Å². The standard InChI is InChI=1S/C13H16N2O4/c1-18-11-4-2-3-10(9-16)12(11)19-8-7-15-6-5-14-13(15)17/h2-4,9H,5-8H2,1H3,(H,14,17). The van der Waals surface area contributed by atoms with Crippen LogP contribution in [0.1, 0.15) is 10.4 Å². The fourth-order valence-electron chi connectivity index (χ4n) is 1.92. The minimum absolute atomic E-state index is 0.0840. The monoisotopic (exact) mass is 264 g/mol. The summed E-state index contributed by atoms with van der Waals surface area (Å²) >= 11 is 0. The van der Waals surface area contributed by atoms with Crippen LogP contribution in [0.25, 0.3) is 0 Å². The van der Waals surface area contributed by atoms with Gasteiger partial charge in [0, 0.05) is 13.1 Å². The summed E-state index contributed by atoms with van der Waals surface area (Å²) in [5.74, 6) is 0.926. The summed E-state index contributed by atoms with van der Waals surface area (Å²) in [5.41, 5.74) is 0.435. The van der Waals surface area contributed by atoms with Crippen molar-refractivity contribution in [3.63, 3.8) is 0 Å². The first-order chi connectivity index (χ1) is 9.26. The van der Waals surface area contributed by atoms with E-state index in [2.05, 4.69) is 5.32 Å². The van der Waals surface area contributed by atoms with Crippen LogP contribution in [0.3, 0.4) is 0 Å². The van der Waals surface area contributed by atoms with Gasteiger partial charge in [0.1, 0.15) is 6.61 Å². The number of methoxy groups -OCH3 is 1. The van der Waals surface area contributed by atoms with Gasteiger partial charge >= 0.3 is 6.03 Å². The van der Waals surface area contributed by atoms with Crippen LogP contribution in [0.4, 0.5) is 4.79 Å². The van der Waals surface area contributed by atoms with E-state index in [9.17, 15) is 9.59 Å². The van der Waals surface area contributed by atoms with E-state index in [0.29, 0.717) is 43.3 Å². The van der Waals surface area contributed by atoms with E-state index in [1.165, 1.54) is 7.11 Å². The Morgan fingerprint density at radius 3 is 2.95 bits per heavy atom. The molecular weight excluding hydrogens is 248 g/mol. The lowest BCUT2D eigenvalue weighted by atomic mass is 10.2. The minimum Gasteiger partial charge on any atom is -0.493 e. The SMILES string of the molecule is COc1cccc(C=O)c1OCCN1CCNC1=O. The smallest absolute Gasteiger partial charge is 0.317 e. The van der Waals surface area contributed by atoms with Gasteiger partial charge in [0.05, 0.1) is 19.2 Å². The van der Waals surface area contributed by atoms with Crippen LogP contribution < -0.4 is 14.8 Å². The molecule has 1 aliphatic rings. The molecule has 0 spiro atoms. The largest absolute Gasteiger partial charge is 0.493 e. The third-order valence-electron chi connectivity index (χ3n) is 2.91. The summed E-state index contributed by atoms with van der Waals surface area (Å²) < 4.78 is 10.7. The van der Waals surface area contributed by atoms with Crippen molar-refractivity contribution in [1.82, 2.24) is 10.2 Å². The number of aldehydes is 1. The first-order valence-corrected chi connectivity index (χ1v) is 6.04. The summed E-state index contributed by atoms with van der Waals surface area (Å²) in [5, 5.41) is 2.71. The molecular formula is C13H16N2O4. The van der Waals surface area contributed by atoms with E-state index < -0.39 is 0 Å². The van der Waals surface area contributed by atoms with Gasteiger partial charge in [-0.05, 0) is 12.1 Å². The van der Waals surface area contributed by atoms with Crippen LogP contribution in [-0.4, -0.2) is 50.6 Å². The Bertz CT molecular complexity index is 476. The number of hydrogen-bond acceptors (Lipinski definition) is 4. The number of para-hydroxylation sites is 1. The predicted octanol–water partition coefficient (Wildman–Crippen LogP) is 0.912. The molecule has 1 N–H and O–H groups in total. The molecule has 6 heteroatoms.